The fourth-order valence-corrected chi connectivity index (χ4v) is 27.2. The first kappa shape index (κ1) is 26.8. The van der Waals surface area contributed by atoms with Crippen LogP contribution in [0.25, 0.3) is 0 Å². The van der Waals surface area contributed by atoms with Gasteiger partial charge in [-0.05, 0) is 0 Å². The molecule has 2 aromatic rings. The van der Waals surface area contributed by atoms with Crippen molar-refractivity contribution >= 4 is 34.6 Å². The number of rotatable bonds is 6. The first-order valence-electron chi connectivity index (χ1n) is 13.4. The third-order valence-electron chi connectivity index (χ3n) is 8.60. The topological polar surface area (TPSA) is 76.2 Å². The quantitative estimate of drug-likeness (QED) is 0.446. The van der Waals surface area contributed by atoms with Crippen molar-refractivity contribution in [2.45, 2.75) is 44.4 Å². The van der Waals surface area contributed by atoms with Crippen molar-refractivity contribution in [3.63, 3.8) is 0 Å². The van der Waals surface area contributed by atoms with E-state index >= 15 is 0 Å². The van der Waals surface area contributed by atoms with E-state index < -0.39 is 18.3 Å². The van der Waals surface area contributed by atoms with Crippen molar-refractivity contribution in [2.24, 2.45) is 0 Å². The number of carbonyl (C=O) groups excluding carboxylic acids is 1. The van der Waals surface area contributed by atoms with E-state index in [0.717, 1.165) is 0 Å². The summed E-state index contributed by atoms with van der Waals surface area (Å²) in [7, 11) is -5.98. The molecule has 6 heterocycles. The Balaban J connectivity index is 1.09. The molecule has 0 atom stereocenters. The molecule has 7 nitrogen and oxygen atoms in total. The van der Waals surface area contributed by atoms with Crippen LogP contribution in [0.1, 0.15) is 27.2 Å². The maximum atomic E-state index is 13.6. The molecule has 11 heteroatoms. The normalized spacial score (nSPS) is 30.8. The molecule has 0 saturated carbocycles. The van der Waals surface area contributed by atoms with E-state index in [9.17, 15) is 13.2 Å². The predicted molar refractivity (Wildman–Crippen MR) is 145 cm³/mol. The summed E-state index contributed by atoms with van der Waals surface area (Å²) in [5.74, 6) is 0.0214. The number of amides is 1. The molecular formula is C28H36Co2N2O5SSi. The van der Waals surface area contributed by atoms with E-state index in [2.05, 4.69) is 69.3 Å². The van der Waals surface area contributed by atoms with Crippen LogP contribution in [0.2, 0.25) is 11.6 Å². The number of sulfonamides is 1. The van der Waals surface area contributed by atoms with Gasteiger partial charge in [-0.15, -0.1) is 0 Å². The molecule has 2 aromatic carbocycles. The fraction of sp³-hybridized carbons (Fsp3) is 0.536. The Morgan fingerprint density at radius 2 is 1.56 bits per heavy atom. The van der Waals surface area contributed by atoms with Crippen LogP contribution in [0.4, 0.5) is 0 Å². The van der Waals surface area contributed by atoms with Crippen molar-refractivity contribution < 1.29 is 46.2 Å². The van der Waals surface area contributed by atoms with Crippen LogP contribution in [0, 0.1) is 0 Å². The number of nitrogens with zero attached hydrogens (tertiary/aromatic N) is 2. The summed E-state index contributed by atoms with van der Waals surface area (Å²) < 4.78 is 40.3. The van der Waals surface area contributed by atoms with E-state index in [0.29, 0.717) is 39.2 Å². The van der Waals surface area contributed by atoms with Gasteiger partial charge in [0.15, 0.2) is 0 Å². The third-order valence-corrected chi connectivity index (χ3v) is 27.1. The molecule has 8 rings (SSSR count). The van der Waals surface area contributed by atoms with Crippen LogP contribution in [0.5, 0.6) is 0 Å². The van der Waals surface area contributed by atoms with Gasteiger partial charge in [-0.1, -0.05) is 0 Å². The van der Waals surface area contributed by atoms with Gasteiger partial charge >= 0.3 is 241 Å². The Morgan fingerprint density at radius 3 is 2.08 bits per heavy atom. The number of hydrogen-bond acceptors (Lipinski definition) is 5. The van der Waals surface area contributed by atoms with Gasteiger partial charge in [0.2, 0.25) is 0 Å². The second-order valence-electron chi connectivity index (χ2n) is 12.0. The minimum absolute atomic E-state index is 0.0214. The van der Waals surface area contributed by atoms with Crippen LogP contribution in [0.15, 0.2) is 60.7 Å². The average molecular weight is 659 g/mol. The molecule has 0 aromatic heterocycles. The van der Waals surface area contributed by atoms with Gasteiger partial charge in [0, 0.05) is 0 Å². The molecule has 1 amide bonds. The first-order valence-corrected chi connectivity index (χ1v) is 21.0. The summed E-state index contributed by atoms with van der Waals surface area (Å²) in [6, 6.07) is 20.8. The van der Waals surface area contributed by atoms with Gasteiger partial charge < -0.3 is 0 Å². The zero-order valence-corrected chi connectivity index (χ0v) is 26.6. The van der Waals surface area contributed by atoms with E-state index in [1.807, 2.05) is 17.0 Å². The molecule has 6 aliphatic rings. The van der Waals surface area contributed by atoms with Crippen molar-refractivity contribution in [1.82, 2.24) is 9.21 Å². The van der Waals surface area contributed by atoms with E-state index in [1.165, 1.54) is 16.6 Å². The van der Waals surface area contributed by atoms with Gasteiger partial charge in [0.1, 0.15) is 0 Å². The van der Waals surface area contributed by atoms with Gasteiger partial charge in [-0.25, -0.2) is 0 Å². The minimum atomic E-state index is -3.20. The maximum absolute atomic E-state index is 13.6. The number of likely N-dealkylation sites (tertiary alicyclic amines) is 1. The Morgan fingerprint density at radius 1 is 1.00 bits per heavy atom. The predicted octanol–water partition coefficient (Wildman–Crippen LogP) is 2.25. The molecule has 3 spiro atoms. The van der Waals surface area contributed by atoms with Crippen LogP contribution >= 0.6 is 0 Å². The average Bonchev–Trinajstić information content (AvgIpc) is 3.79. The van der Waals surface area contributed by atoms with Crippen molar-refractivity contribution in [3.8, 4) is 0 Å². The van der Waals surface area contributed by atoms with Gasteiger partial charge in [-0.3, -0.25) is 0 Å². The second kappa shape index (κ2) is 8.51. The molecule has 6 fully saturated rings. The van der Waals surface area contributed by atoms with Crippen molar-refractivity contribution in [3.05, 3.63) is 60.7 Å². The van der Waals surface area contributed by atoms with E-state index in [4.69, 9.17) is 9.16 Å². The summed E-state index contributed by atoms with van der Waals surface area (Å²) in [5.41, 5.74) is -0.261. The molecule has 0 radical (unpaired) electrons. The van der Waals surface area contributed by atoms with Gasteiger partial charge in [0.05, 0.1) is 0 Å². The van der Waals surface area contributed by atoms with Crippen molar-refractivity contribution in [2.75, 3.05) is 45.6 Å². The number of ether oxygens (including phenoxy) is 1. The molecule has 6 aliphatic heterocycles. The molecule has 0 unspecified atom stereocenters. The molecule has 216 valence electrons. The fourth-order valence-electron chi connectivity index (χ4n) is 6.57. The molecular weight excluding hydrogens is 622 g/mol. The van der Waals surface area contributed by atoms with E-state index in [-0.39, 0.29) is 53.5 Å². The molecule has 6 saturated heterocycles. The first-order chi connectivity index (χ1) is 18.5. The molecule has 39 heavy (non-hydrogen) atoms. The number of benzene rings is 2. The Kier molecular flexibility index (Phi) is 5.86. The summed E-state index contributed by atoms with van der Waals surface area (Å²) in [6.45, 7) is 9.71. The third kappa shape index (κ3) is 3.54. The van der Waals surface area contributed by atoms with Crippen molar-refractivity contribution in [1.29, 1.82) is 0 Å². The molecule has 0 N–H and O–H groups in total. The summed E-state index contributed by atoms with van der Waals surface area (Å²) in [4.78, 5) is 15.5. The summed E-state index contributed by atoms with van der Waals surface area (Å²) in [6.07, 6.45) is 2.02. The van der Waals surface area contributed by atoms with Crippen LogP contribution in [-0.2, 0) is 47.8 Å². The SMILES string of the molecule is CC(C)(C)[Si](OCC(=O)N1CC2(C1)OCCCN(S(C)(=O)=O)C[C]13[Co]4[Co]1[C]423)(c1ccccc1)c1ccccc1. The van der Waals surface area contributed by atoms with Crippen LogP contribution in [-0.4, -0.2) is 83.1 Å². The Labute approximate surface area is 239 Å². The summed E-state index contributed by atoms with van der Waals surface area (Å²) in [5, 5.41) is 2.15. The number of hydrogen-bond donors (Lipinski definition) is 0. The number of carbonyl (C=O) groups is 1. The van der Waals surface area contributed by atoms with Gasteiger partial charge in [-0.2, -0.15) is 0 Å². The monoisotopic (exact) mass is 658 g/mol. The summed E-state index contributed by atoms with van der Waals surface area (Å²) >= 11 is -0.0708. The van der Waals surface area contributed by atoms with Gasteiger partial charge in [0.25, 0.3) is 0 Å². The standard InChI is InChI=1S/C28H36N2O5SSi.2Co/c1-27(2,3)37(24-13-7-5-8-14-24,25-15-9-6-10-16-25)35-21-26(31)29-22-28(23-29)17-11-18-30(36(4,32)33)19-12-20-34-28;;/h5-10,13-16H,12,18-23H2,1-4H3;;. The van der Waals surface area contributed by atoms with Crippen LogP contribution in [0.3, 0.4) is 0 Å². The Hall–Kier alpha value is -1.03. The molecule has 0 bridgehead atoms. The Bertz CT molecular complexity index is 1380. The van der Waals surface area contributed by atoms with E-state index in [1.54, 1.807) is 4.31 Å². The zero-order valence-electron chi connectivity index (χ0n) is 22.7. The zero-order chi connectivity index (χ0) is 27.5. The van der Waals surface area contributed by atoms with Crippen LogP contribution < -0.4 is 10.4 Å². The molecule has 0 aliphatic carbocycles. The second-order valence-corrected chi connectivity index (χ2v) is 26.5.